The predicted molar refractivity (Wildman–Crippen MR) is 76.7 cm³/mol. The second-order valence-corrected chi connectivity index (χ2v) is 6.00. The van der Waals surface area contributed by atoms with Crippen LogP contribution in [0.4, 0.5) is 0 Å². The van der Waals surface area contributed by atoms with Gasteiger partial charge < -0.3 is 10.4 Å². The minimum absolute atomic E-state index is 0.181. The van der Waals surface area contributed by atoms with Crippen LogP contribution in [0.15, 0.2) is 22.8 Å². The first-order valence-electron chi connectivity index (χ1n) is 6.71. The van der Waals surface area contributed by atoms with Gasteiger partial charge in [0.25, 0.3) is 0 Å². The van der Waals surface area contributed by atoms with Gasteiger partial charge in [-0.1, -0.05) is 12.8 Å². The smallest absolute Gasteiger partial charge is 0.306 e. The van der Waals surface area contributed by atoms with Crippen molar-refractivity contribution in [1.82, 2.24) is 10.3 Å². The summed E-state index contributed by atoms with van der Waals surface area (Å²) in [5, 5.41) is 12.5. The minimum atomic E-state index is -0.645. The first-order valence-corrected chi connectivity index (χ1v) is 7.50. The zero-order valence-corrected chi connectivity index (χ0v) is 12.4. The van der Waals surface area contributed by atoms with Gasteiger partial charge in [-0.2, -0.15) is 0 Å². The van der Waals surface area contributed by atoms with E-state index in [4.69, 9.17) is 0 Å². The van der Waals surface area contributed by atoms with Crippen molar-refractivity contribution in [2.75, 3.05) is 6.54 Å². The van der Waals surface area contributed by atoms with Crippen LogP contribution < -0.4 is 5.32 Å². The molecule has 2 atom stereocenters. The fourth-order valence-corrected chi connectivity index (χ4v) is 2.91. The van der Waals surface area contributed by atoms with E-state index in [0.717, 1.165) is 42.4 Å². The van der Waals surface area contributed by atoms with Crippen molar-refractivity contribution in [3.8, 4) is 0 Å². The maximum Gasteiger partial charge on any atom is 0.306 e. The Morgan fingerprint density at radius 3 is 2.89 bits per heavy atom. The summed E-state index contributed by atoms with van der Waals surface area (Å²) in [5.74, 6) is -0.575. The third-order valence-electron chi connectivity index (χ3n) is 3.73. The van der Waals surface area contributed by atoms with Gasteiger partial charge in [-0.3, -0.25) is 9.78 Å². The second-order valence-electron chi connectivity index (χ2n) is 5.09. The zero-order chi connectivity index (χ0) is 13.7. The minimum Gasteiger partial charge on any atom is -0.481 e. The fraction of sp³-hybridized carbons (Fsp3) is 0.571. The van der Waals surface area contributed by atoms with E-state index in [1.165, 1.54) is 0 Å². The molecule has 0 aromatic carbocycles. The molecule has 1 aliphatic carbocycles. The largest absolute Gasteiger partial charge is 0.481 e. The van der Waals surface area contributed by atoms with E-state index in [-0.39, 0.29) is 11.8 Å². The van der Waals surface area contributed by atoms with Gasteiger partial charge in [0.1, 0.15) is 0 Å². The number of nitrogens with zero attached hydrogens (tertiary/aromatic N) is 1. The molecular formula is C14H19BrN2O2. The summed E-state index contributed by atoms with van der Waals surface area (Å²) in [6.45, 7) is 1.45. The Morgan fingerprint density at radius 1 is 1.42 bits per heavy atom. The molecule has 1 fully saturated rings. The summed E-state index contributed by atoms with van der Waals surface area (Å²) in [5.41, 5.74) is 0.978. The van der Waals surface area contributed by atoms with Crippen LogP contribution in [0.2, 0.25) is 0 Å². The van der Waals surface area contributed by atoms with Crippen molar-refractivity contribution in [1.29, 1.82) is 0 Å². The van der Waals surface area contributed by atoms with Crippen molar-refractivity contribution >= 4 is 21.9 Å². The molecule has 1 aromatic heterocycles. The Morgan fingerprint density at radius 2 is 2.21 bits per heavy atom. The number of pyridine rings is 1. The first-order chi connectivity index (χ1) is 9.16. The molecule has 2 rings (SSSR count). The number of halogens is 1. The van der Waals surface area contributed by atoms with E-state index in [9.17, 15) is 9.90 Å². The van der Waals surface area contributed by atoms with E-state index in [1.807, 2.05) is 12.1 Å². The molecule has 0 aliphatic heterocycles. The van der Waals surface area contributed by atoms with Crippen LogP contribution in [0.3, 0.4) is 0 Å². The molecule has 1 aliphatic rings. The number of aromatic nitrogens is 1. The first kappa shape index (κ1) is 14.5. The van der Waals surface area contributed by atoms with E-state index < -0.39 is 5.97 Å². The highest BCUT2D eigenvalue weighted by Crippen LogP contribution is 2.29. The van der Waals surface area contributed by atoms with Gasteiger partial charge in [0.2, 0.25) is 0 Å². The molecule has 1 heterocycles. The summed E-state index contributed by atoms with van der Waals surface area (Å²) in [4.78, 5) is 15.5. The topological polar surface area (TPSA) is 62.2 Å². The Balaban J connectivity index is 1.80. The molecule has 0 spiro atoms. The lowest BCUT2D eigenvalue weighted by Gasteiger charge is -2.28. The van der Waals surface area contributed by atoms with E-state index in [0.29, 0.717) is 6.54 Å². The van der Waals surface area contributed by atoms with Crippen LogP contribution in [0.25, 0.3) is 0 Å². The lowest BCUT2D eigenvalue weighted by atomic mass is 9.79. The predicted octanol–water partition coefficient (Wildman–Crippen LogP) is 2.82. The highest BCUT2D eigenvalue weighted by atomic mass is 79.9. The number of rotatable bonds is 5. The zero-order valence-electron chi connectivity index (χ0n) is 10.8. The van der Waals surface area contributed by atoms with Gasteiger partial charge in [0, 0.05) is 17.2 Å². The maximum atomic E-state index is 11.2. The van der Waals surface area contributed by atoms with Gasteiger partial charge in [0.15, 0.2) is 0 Å². The molecule has 1 saturated carbocycles. The van der Waals surface area contributed by atoms with Crippen molar-refractivity contribution in [2.24, 2.45) is 11.8 Å². The molecule has 4 nitrogen and oxygen atoms in total. The lowest BCUT2D eigenvalue weighted by Crippen LogP contribution is -2.34. The summed E-state index contributed by atoms with van der Waals surface area (Å²) in [6.07, 6.45) is 5.79. The van der Waals surface area contributed by atoms with Crippen molar-refractivity contribution < 1.29 is 9.90 Å². The average Bonchev–Trinajstić information content (AvgIpc) is 2.41. The third-order valence-corrected chi connectivity index (χ3v) is 4.20. The molecule has 2 N–H and O–H groups in total. The maximum absolute atomic E-state index is 11.2. The van der Waals surface area contributed by atoms with E-state index in [1.54, 1.807) is 6.20 Å². The van der Waals surface area contributed by atoms with Gasteiger partial charge >= 0.3 is 5.97 Å². The van der Waals surface area contributed by atoms with Crippen molar-refractivity contribution in [3.63, 3.8) is 0 Å². The molecule has 1 aromatic rings. The molecular weight excluding hydrogens is 308 g/mol. The van der Waals surface area contributed by atoms with Crippen LogP contribution in [0, 0.1) is 11.8 Å². The Hall–Kier alpha value is -0.940. The molecule has 0 amide bonds. The number of hydrogen-bond acceptors (Lipinski definition) is 3. The summed E-state index contributed by atoms with van der Waals surface area (Å²) < 4.78 is 0.967. The summed E-state index contributed by atoms with van der Waals surface area (Å²) in [6, 6.07) is 3.93. The highest BCUT2D eigenvalue weighted by molar-refractivity contribution is 9.10. The summed E-state index contributed by atoms with van der Waals surface area (Å²) >= 11 is 3.35. The second kappa shape index (κ2) is 7.01. The number of carbonyl (C=O) groups is 1. The number of carboxylic acid groups (broad SMARTS) is 1. The van der Waals surface area contributed by atoms with E-state index >= 15 is 0 Å². The van der Waals surface area contributed by atoms with Crippen LogP contribution in [-0.4, -0.2) is 22.6 Å². The standard InChI is InChI=1S/C14H19BrN2O2/c15-11-5-6-12(17-8-11)9-16-7-10-3-1-2-4-13(10)14(18)19/h5-6,8,10,13,16H,1-4,7,9H2,(H,18,19). The molecule has 5 heteroatoms. The Bertz CT molecular complexity index is 422. The lowest BCUT2D eigenvalue weighted by molar-refractivity contribution is -0.144. The van der Waals surface area contributed by atoms with Gasteiger partial charge in [-0.05, 0) is 53.4 Å². The van der Waals surface area contributed by atoms with Gasteiger partial charge in [0.05, 0.1) is 11.6 Å². The van der Waals surface area contributed by atoms with Crippen molar-refractivity contribution in [2.45, 2.75) is 32.2 Å². The quantitative estimate of drug-likeness (QED) is 0.873. The molecule has 19 heavy (non-hydrogen) atoms. The van der Waals surface area contributed by atoms with Gasteiger partial charge in [-0.25, -0.2) is 0 Å². The fourth-order valence-electron chi connectivity index (χ4n) is 2.67. The number of nitrogens with one attached hydrogen (secondary N) is 1. The molecule has 0 radical (unpaired) electrons. The van der Waals surface area contributed by atoms with E-state index in [2.05, 4.69) is 26.2 Å². The molecule has 0 saturated heterocycles. The molecule has 0 bridgehead atoms. The van der Waals surface area contributed by atoms with Crippen LogP contribution >= 0.6 is 15.9 Å². The molecule has 2 unspecified atom stereocenters. The van der Waals surface area contributed by atoms with Crippen molar-refractivity contribution in [3.05, 3.63) is 28.5 Å². The monoisotopic (exact) mass is 326 g/mol. The average molecular weight is 327 g/mol. The highest BCUT2D eigenvalue weighted by Gasteiger charge is 2.30. The van der Waals surface area contributed by atoms with Crippen LogP contribution in [0.1, 0.15) is 31.4 Å². The number of hydrogen-bond donors (Lipinski definition) is 2. The van der Waals surface area contributed by atoms with Gasteiger partial charge in [-0.15, -0.1) is 0 Å². The Labute approximate surface area is 121 Å². The molecule has 104 valence electrons. The Kier molecular flexibility index (Phi) is 5.34. The normalized spacial score (nSPS) is 23.2. The third kappa shape index (κ3) is 4.28. The van der Waals surface area contributed by atoms with Crippen LogP contribution in [-0.2, 0) is 11.3 Å². The number of carboxylic acids is 1. The van der Waals surface area contributed by atoms with Crippen LogP contribution in [0.5, 0.6) is 0 Å². The summed E-state index contributed by atoms with van der Waals surface area (Å²) in [7, 11) is 0. The SMILES string of the molecule is O=C(O)C1CCCCC1CNCc1ccc(Br)cn1. The number of aliphatic carboxylic acids is 1.